The summed E-state index contributed by atoms with van der Waals surface area (Å²) in [4.78, 5) is 33.8. The van der Waals surface area contributed by atoms with Gasteiger partial charge in [-0.25, -0.2) is 4.98 Å². The first kappa shape index (κ1) is 27.1. The number of esters is 1. The Bertz CT molecular complexity index is 1250. The van der Waals surface area contributed by atoms with Crippen molar-refractivity contribution < 1.29 is 19.1 Å². The van der Waals surface area contributed by atoms with Gasteiger partial charge in [0.1, 0.15) is 18.2 Å². The molecular formula is C30H36N4O4. The first-order valence-electron chi connectivity index (χ1n) is 13.1. The molecule has 3 aromatic rings. The lowest BCUT2D eigenvalue weighted by atomic mass is 10.1. The van der Waals surface area contributed by atoms with Gasteiger partial charge in [0.05, 0.1) is 24.6 Å². The predicted molar refractivity (Wildman–Crippen MR) is 151 cm³/mol. The van der Waals surface area contributed by atoms with Gasteiger partial charge in [-0.15, -0.1) is 0 Å². The van der Waals surface area contributed by atoms with E-state index in [9.17, 15) is 9.59 Å². The minimum Gasteiger partial charge on any atom is -0.488 e. The number of carbonyl (C=O) groups excluding carboxylic acids is 2. The zero-order chi connectivity index (χ0) is 26.7. The van der Waals surface area contributed by atoms with Crippen LogP contribution in [0.25, 0.3) is 10.8 Å². The molecule has 0 saturated carbocycles. The van der Waals surface area contributed by atoms with Gasteiger partial charge in [0, 0.05) is 38.0 Å². The summed E-state index contributed by atoms with van der Waals surface area (Å²) in [5, 5.41) is 5.05. The number of unbranched alkanes of at least 4 members (excludes halogenated alkanes) is 2. The molecule has 1 aliphatic rings. The lowest BCUT2D eigenvalue weighted by molar-refractivity contribution is -0.140. The van der Waals surface area contributed by atoms with Crippen molar-refractivity contribution in [1.82, 2.24) is 9.88 Å². The number of benzene rings is 2. The number of carbonyl (C=O) groups is 2. The average molecular weight is 517 g/mol. The Morgan fingerprint density at radius 2 is 1.79 bits per heavy atom. The largest absolute Gasteiger partial charge is 0.488 e. The highest BCUT2D eigenvalue weighted by Gasteiger charge is 2.16. The van der Waals surface area contributed by atoms with E-state index in [1.54, 1.807) is 6.20 Å². The van der Waals surface area contributed by atoms with Crippen molar-refractivity contribution in [2.75, 3.05) is 57.2 Å². The fourth-order valence-corrected chi connectivity index (χ4v) is 4.38. The van der Waals surface area contributed by atoms with E-state index in [4.69, 9.17) is 9.47 Å². The maximum Gasteiger partial charge on any atom is 0.305 e. The van der Waals surface area contributed by atoms with Crippen LogP contribution in [0, 0.1) is 0 Å². The average Bonchev–Trinajstić information content (AvgIpc) is 2.95. The summed E-state index contributed by atoms with van der Waals surface area (Å²) >= 11 is 0. The Morgan fingerprint density at radius 1 is 1.00 bits per heavy atom. The van der Waals surface area contributed by atoms with E-state index < -0.39 is 0 Å². The summed E-state index contributed by atoms with van der Waals surface area (Å²) in [5.74, 6) is 1.19. The number of pyridine rings is 1. The van der Waals surface area contributed by atoms with Gasteiger partial charge in [0.15, 0.2) is 0 Å². The fraction of sp³-hybridized carbons (Fsp3) is 0.367. The summed E-state index contributed by atoms with van der Waals surface area (Å²) in [6.45, 7) is 4.01. The topological polar surface area (TPSA) is 84.0 Å². The molecule has 2 heterocycles. The number of hydrogen-bond donors (Lipinski definition) is 1. The number of likely N-dealkylation sites (N-methyl/N-ethyl adjacent to an activating group) is 1. The van der Waals surface area contributed by atoms with E-state index in [1.165, 1.54) is 7.11 Å². The highest BCUT2D eigenvalue weighted by molar-refractivity contribution is 6.04. The Balaban J connectivity index is 1.41. The van der Waals surface area contributed by atoms with E-state index in [0.717, 1.165) is 54.9 Å². The smallest absolute Gasteiger partial charge is 0.305 e. The maximum absolute atomic E-state index is 13.3. The van der Waals surface area contributed by atoms with E-state index in [1.807, 2.05) is 60.7 Å². The van der Waals surface area contributed by atoms with Crippen LogP contribution < -0.4 is 15.0 Å². The zero-order valence-corrected chi connectivity index (χ0v) is 22.2. The van der Waals surface area contributed by atoms with Gasteiger partial charge >= 0.3 is 5.97 Å². The van der Waals surface area contributed by atoms with Crippen LogP contribution in [0.1, 0.15) is 25.7 Å². The van der Waals surface area contributed by atoms with E-state index in [0.29, 0.717) is 30.5 Å². The molecule has 0 unspecified atom stereocenters. The van der Waals surface area contributed by atoms with Crippen LogP contribution in [0.4, 0.5) is 11.5 Å². The molecule has 38 heavy (non-hydrogen) atoms. The van der Waals surface area contributed by atoms with Crippen molar-refractivity contribution >= 4 is 34.2 Å². The first-order chi connectivity index (χ1) is 18.5. The Kier molecular flexibility index (Phi) is 9.70. The molecule has 0 radical (unpaired) electrons. The van der Waals surface area contributed by atoms with Gasteiger partial charge in [-0.1, -0.05) is 42.5 Å². The lowest BCUT2D eigenvalue weighted by Gasteiger charge is -2.33. The second-order valence-corrected chi connectivity index (χ2v) is 9.47. The van der Waals surface area contributed by atoms with E-state index in [-0.39, 0.29) is 18.5 Å². The molecule has 0 aliphatic carbocycles. The molecule has 200 valence electrons. The van der Waals surface area contributed by atoms with Crippen LogP contribution in [-0.4, -0.2) is 68.7 Å². The highest BCUT2D eigenvalue weighted by atomic mass is 16.5. The molecular weight excluding hydrogens is 480 g/mol. The second-order valence-electron chi connectivity index (χ2n) is 9.47. The van der Waals surface area contributed by atoms with Crippen LogP contribution in [0.3, 0.4) is 0 Å². The molecule has 1 saturated heterocycles. The van der Waals surface area contributed by atoms with E-state index in [2.05, 4.69) is 27.1 Å². The summed E-state index contributed by atoms with van der Waals surface area (Å²) in [6.07, 6.45) is 6.07. The Morgan fingerprint density at radius 3 is 2.55 bits per heavy atom. The number of hydrogen-bond acceptors (Lipinski definition) is 7. The summed E-state index contributed by atoms with van der Waals surface area (Å²) in [5.41, 5.74) is 1.16. The third-order valence-electron chi connectivity index (χ3n) is 6.71. The summed E-state index contributed by atoms with van der Waals surface area (Å²) in [7, 11) is 3.51. The molecule has 2 aromatic carbocycles. The number of nitrogens with zero attached hydrogens (tertiary/aromatic N) is 3. The van der Waals surface area contributed by atoms with Gasteiger partial charge in [-0.05, 0) is 49.9 Å². The molecule has 1 fully saturated rings. The molecule has 1 aromatic heterocycles. The molecule has 1 amide bonds. The van der Waals surface area contributed by atoms with Gasteiger partial charge in [-0.2, -0.15) is 0 Å². The normalized spacial score (nSPS) is 14.4. The second kappa shape index (κ2) is 13.6. The number of methoxy groups -OCH3 is 1. The van der Waals surface area contributed by atoms with Crippen molar-refractivity contribution in [2.45, 2.75) is 25.7 Å². The van der Waals surface area contributed by atoms with Crippen molar-refractivity contribution in [1.29, 1.82) is 0 Å². The van der Waals surface area contributed by atoms with E-state index >= 15 is 0 Å². The number of ether oxygens (including phenoxy) is 2. The van der Waals surface area contributed by atoms with Crippen LogP contribution >= 0.6 is 0 Å². The quantitative estimate of drug-likeness (QED) is 0.225. The fourth-order valence-electron chi connectivity index (χ4n) is 4.38. The lowest BCUT2D eigenvalue weighted by Crippen LogP contribution is -2.44. The molecule has 8 heteroatoms. The van der Waals surface area contributed by atoms with Gasteiger partial charge in [0.2, 0.25) is 0 Å². The number of aromatic nitrogens is 1. The first-order valence-corrected chi connectivity index (χ1v) is 13.1. The van der Waals surface area contributed by atoms with Gasteiger partial charge in [0.25, 0.3) is 5.91 Å². The predicted octanol–water partition coefficient (Wildman–Crippen LogP) is 4.66. The van der Waals surface area contributed by atoms with Crippen molar-refractivity contribution in [3.05, 3.63) is 72.4 Å². The third kappa shape index (κ3) is 7.55. The van der Waals surface area contributed by atoms with Crippen LogP contribution in [0.15, 0.2) is 72.4 Å². The molecule has 8 nitrogen and oxygen atoms in total. The number of anilines is 2. The SMILES string of the molecule is COC(=O)CCCC/C=C(\COc1cccc2ccccc12)C(=O)Nc1ccc(N2CCN(C)CC2)nc1. The zero-order valence-electron chi connectivity index (χ0n) is 22.2. The number of amides is 1. The molecule has 1 aliphatic heterocycles. The highest BCUT2D eigenvalue weighted by Crippen LogP contribution is 2.26. The third-order valence-corrected chi connectivity index (χ3v) is 6.71. The minimum atomic E-state index is -0.229. The Labute approximate surface area is 224 Å². The van der Waals surface area contributed by atoms with Crippen molar-refractivity contribution in [2.24, 2.45) is 0 Å². The Hall–Kier alpha value is -3.91. The molecule has 0 atom stereocenters. The van der Waals surface area contributed by atoms with Gasteiger partial charge in [-0.3, -0.25) is 9.59 Å². The number of rotatable bonds is 11. The van der Waals surface area contributed by atoms with Crippen LogP contribution in [0.5, 0.6) is 5.75 Å². The summed E-state index contributed by atoms with van der Waals surface area (Å²) < 4.78 is 10.8. The standard InChI is InChI=1S/C30H36N4O4/c1-33-17-19-34(20-18-33)28-16-15-25(21-31-28)32-30(36)24(10-4-3-5-14-29(35)37-2)22-38-27-13-8-11-23-9-6-7-12-26(23)27/h6-13,15-16,21H,3-5,14,17-20,22H2,1-2H3,(H,32,36)/b24-10+. The summed E-state index contributed by atoms with van der Waals surface area (Å²) in [6, 6.07) is 17.7. The minimum absolute atomic E-state index is 0.129. The monoisotopic (exact) mass is 516 g/mol. The molecule has 0 spiro atoms. The van der Waals surface area contributed by atoms with Crippen LogP contribution in [0.2, 0.25) is 0 Å². The number of nitrogens with one attached hydrogen (secondary N) is 1. The van der Waals surface area contributed by atoms with Gasteiger partial charge < -0.3 is 24.6 Å². The molecule has 1 N–H and O–H groups in total. The van der Waals surface area contributed by atoms with Crippen LogP contribution in [-0.2, 0) is 14.3 Å². The number of fused-ring (bicyclic) bond motifs is 1. The van der Waals surface area contributed by atoms with Crippen molar-refractivity contribution in [3.63, 3.8) is 0 Å². The molecule has 4 rings (SSSR count). The number of piperazine rings is 1. The maximum atomic E-state index is 13.3. The molecule has 0 bridgehead atoms. The van der Waals surface area contributed by atoms with Crippen molar-refractivity contribution in [3.8, 4) is 5.75 Å². The number of allylic oxidation sites excluding steroid dienone is 1.